The van der Waals surface area contributed by atoms with E-state index >= 15 is 0 Å². The molecule has 0 N–H and O–H groups in total. The van der Waals surface area contributed by atoms with E-state index in [9.17, 15) is 0 Å². The molecule has 1 aliphatic rings. The summed E-state index contributed by atoms with van der Waals surface area (Å²) in [7, 11) is 2.81. The predicted octanol–water partition coefficient (Wildman–Crippen LogP) is 2.73. The number of hydrogen-bond donors (Lipinski definition) is 0. The molecule has 0 radical (unpaired) electrons. The summed E-state index contributed by atoms with van der Waals surface area (Å²) in [6, 6.07) is 0. The molecule has 3 atom stereocenters. The van der Waals surface area contributed by atoms with Gasteiger partial charge in [0, 0.05) is 18.6 Å². The smallest absolute Gasteiger partial charge is 0.0839 e. The van der Waals surface area contributed by atoms with Crippen LogP contribution in [0.25, 0.3) is 0 Å². The van der Waals surface area contributed by atoms with Crippen LogP contribution in [0.1, 0.15) is 41.5 Å². The van der Waals surface area contributed by atoms with E-state index < -0.39 is 0 Å². The van der Waals surface area contributed by atoms with Crippen molar-refractivity contribution in [2.24, 2.45) is 5.41 Å². The van der Waals surface area contributed by atoms with Crippen LogP contribution >= 0.6 is 9.24 Å². The maximum absolute atomic E-state index is 6.00. The Morgan fingerprint density at radius 1 is 1.07 bits per heavy atom. The Bertz CT molecular complexity index is 195. The fraction of sp³-hybridized carbons (Fsp3) is 1.00. The van der Waals surface area contributed by atoms with Gasteiger partial charge in [0.05, 0.1) is 11.9 Å². The minimum absolute atomic E-state index is 0.221. The third kappa shape index (κ3) is 3.69. The summed E-state index contributed by atoms with van der Waals surface area (Å²) in [6.07, 6.45) is 0.327. The quantitative estimate of drug-likeness (QED) is 0.594. The summed E-state index contributed by atoms with van der Waals surface area (Å²) >= 11 is 0. The molecule has 90 valence electrons. The zero-order chi connectivity index (χ0) is 11.9. The van der Waals surface area contributed by atoms with Crippen LogP contribution in [0.15, 0.2) is 0 Å². The lowest BCUT2D eigenvalue weighted by Gasteiger charge is -2.47. The van der Waals surface area contributed by atoms with Gasteiger partial charge in [-0.3, -0.25) is 4.90 Å². The Balaban J connectivity index is 2.73. The van der Waals surface area contributed by atoms with Crippen molar-refractivity contribution in [1.82, 2.24) is 4.90 Å². The van der Waals surface area contributed by atoms with Crippen molar-refractivity contribution in [3.63, 3.8) is 0 Å². The second-order valence-corrected chi connectivity index (χ2v) is 7.35. The highest BCUT2D eigenvalue weighted by molar-refractivity contribution is 7.17. The summed E-state index contributed by atoms with van der Waals surface area (Å²) in [5.41, 5.74) is 0.459. The van der Waals surface area contributed by atoms with Gasteiger partial charge in [0.25, 0.3) is 0 Å². The SMILES string of the molecule is CC(C)(C)C1CN(C(C)(C)C)CC(P)O1. The topological polar surface area (TPSA) is 12.5 Å². The molecule has 2 nitrogen and oxygen atoms in total. The van der Waals surface area contributed by atoms with Crippen LogP contribution in [-0.2, 0) is 4.74 Å². The Labute approximate surface area is 97.0 Å². The van der Waals surface area contributed by atoms with Gasteiger partial charge in [0.1, 0.15) is 0 Å². The minimum atomic E-state index is 0.221. The molecule has 0 bridgehead atoms. The van der Waals surface area contributed by atoms with Gasteiger partial charge in [-0.2, -0.15) is 0 Å². The average molecular weight is 231 g/mol. The van der Waals surface area contributed by atoms with Crippen LogP contribution in [0.3, 0.4) is 0 Å². The first-order chi connectivity index (χ1) is 6.60. The highest BCUT2D eigenvalue weighted by atomic mass is 31.0. The van der Waals surface area contributed by atoms with Gasteiger partial charge < -0.3 is 4.74 Å². The molecular formula is C12H26NOP. The van der Waals surface area contributed by atoms with Crippen molar-refractivity contribution in [1.29, 1.82) is 0 Å². The van der Waals surface area contributed by atoms with Gasteiger partial charge in [-0.15, -0.1) is 9.24 Å². The molecule has 1 aliphatic heterocycles. The largest absolute Gasteiger partial charge is 0.368 e. The van der Waals surface area contributed by atoms with Crippen LogP contribution in [0.4, 0.5) is 0 Å². The lowest BCUT2D eigenvalue weighted by molar-refractivity contribution is -0.114. The van der Waals surface area contributed by atoms with E-state index in [4.69, 9.17) is 4.74 Å². The van der Waals surface area contributed by atoms with E-state index in [1.165, 1.54) is 0 Å². The highest BCUT2D eigenvalue weighted by Gasteiger charge is 2.37. The first-order valence-electron chi connectivity index (χ1n) is 5.77. The van der Waals surface area contributed by atoms with Gasteiger partial charge in [-0.25, -0.2) is 0 Å². The van der Waals surface area contributed by atoms with Crippen molar-refractivity contribution < 1.29 is 4.74 Å². The van der Waals surface area contributed by atoms with Crippen molar-refractivity contribution >= 4 is 9.24 Å². The zero-order valence-corrected chi connectivity index (χ0v) is 12.2. The number of rotatable bonds is 0. The van der Waals surface area contributed by atoms with E-state index in [2.05, 4.69) is 55.7 Å². The Morgan fingerprint density at radius 2 is 1.60 bits per heavy atom. The fourth-order valence-corrected chi connectivity index (χ4v) is 2.26. The lowest BCUT2D eigenvalue weighted by Crippen LogP contribution is -2.56. The van der Waals surface area contributed by atoms with Crippen LogP contribution in [-0.4, -0.2) is 35.5 Å². The number of ether oxygens (including phenoxy) is 1. The molecule has 1 rings (SSSR count). The molecule has 0 spiro atoms. The van der Waals surface area contributed by atoms with E-state index in [1.54, 1.807) is 0 Å². The highest BCUT2D eigenvalue weighted by Crippen LogP contribution is 2.31. The van der Waals surface area contributed by atoms with Gasteiger partial charge in [-0.1, -0.05) is 20.8 Å². The summed E-state index contributed by atoms with van der Waals surface area (Å²) < 4.78 is 6.00. The molecule has 15 heavy (non-hydrogen) atoms. The maximum Gasteiger partial charge on any atom is 0.0839 e. The molecule has 0 saturated carbocycles. The Hall–Kier alpha value is 0.350. The molecule has 3 unspecified atom stereocenters. The number of nitrogens with zero attached hydrogens (tertiary/aromatic N) is 1. The van der Waals surface area contributed by atoms with Crippen LogP contribution < -0.4 is 0 Å². The van der Waals surface area contributed by atoms with Crippen molar-refractivity contribution in [2.75, 3.05) is 13.1 Å². The molecular weight excluding hydrogens is 205 g/mol. The number of morpholine rings is 1. The summed E-state index contributed by atoms with van der Waals surface area (Å²) in [5.74, 6) is 0.266. The van der Waals surface area contributed by atoms with Gasteiger partial charge in [-0.05, 0) is 26.2 Å². The molecule has 0 aromatic rings. The Kier molecular flexibility index (Phi) is 3.86. The molecule has 0 aromatic carbocycles. The first kappa shape index (κ1) is 13.4. The van der Waals surface area contributed by atoms with E-state index in [0.717, 1.165) is 13.1 Å². The van der Waals surface area contributed by atoms with Gasteiger partial charge in [0.2, 0.25) is 0 Å². The molecule has 3 heteroatoms. The van der Waals surface area contributed by atoms with E-state index in [0.29, 0.717) is 6.10 Å². The minimum Gasteiger partial charge on any atom is -0.368 e. The monoisotopic (exact) mass is 231 g/mol. The molecule has 0 aromatic heterocycles. The third-order valence-corrected chi connectivity index (χ3v) is 3.41. The van der Waals surface area contributed by atoms with Crippen LogP contribution in [0.5, 0.6) is 0 Å². The van der Waals surface area contributed by atoms with E-state index in [-0.39, 0.29) is 16.8 Å². The lowest BCUT2D eigenvalue weighted by atomic mass is 9.87. The molecule has 1 saturated heterocycles. The molecule has 0 aliphatic carbocycles. The molecule has 1 fully saturated rings. The predicted molar refractivity (Wildman–Crippen MR) is 69.2 cm³/mol. The van der Waals surface area contributed by atoms with Crippen molar-refractivity contribution in [2.45, 2.75) is 59.0 Å². The van der Waals surface area contributed by atoms with E-state index in [1.807, 2.05) is 0 Å². The van der Waals surface area contributed by atoms with Gasteiger partial charge >= 0.3 is 0 Å². The summed E-state index contributed by atoms with van der Waals surface area (Å²) in [4.78, 5) is 2.52. The number of hydrogen-bond acceptors (Lipinski definition) is 2. The second-order valence-electron chi connectivity index (χ2n) is 6.61. The van der Waals surface area contributed by atoms with Crippen LogP contribution in [0, 0.1) is 5.41 Å². The second kappa shape index (κ2) is 4.31. The third-order valence-electron chi connectivity index (χ3n) is 3.04. The Morgan fingerprint density at radius 3 is 2.00 bits per heavy atom. The molecule has 1 heterocycles. The summed E-state index contributed by atoms with van der Waals surface area (Å²) in [5, 5.41) is 0. The average Bonchev–Trinajstić information content (AvgIpc) is 1.99. The van der Waals surface area contributed by atoms with Crippen LogP contribution in [0.2, 0.25) is 0 Å². The fourth-order valence-electron chi connectivity index (χ4n) is 1.81. The normalized spacial score (nSPS) is 30.6. The zero-order valence-electron chi connectivity index (χ0n) is 11.0. The molecule has 0 amide bonds. The van der Waals surface area contributed by atoms with Crippen molar-refractivity contribution in [3.05, 3.63) is 0 Å². The first-order valence-corrected chi connectivity index (χ1v) is 6.43. The standard InChI is InChI=1S/C12H26NOP/c1-11(2,3)9-7-13(12(4,5)6)8-10(15)14-9/h9-10H,7-8,15H2,1-6H3. The van der Waals surface area contributed by atoms with Gasteiger partial charge in [0.15, 0.2) is 0 Å². The maximum atomic E-state index is 6.00. The summed E-state index contributed by atoms with van der Waals surface area (Å²) in [6.45, 7) is 15.6. The van der Waals surface area contributed by atoms with Crippen molar-refractivity contribution in [3.8, 4) is 0 Å².